The van der Waals surface area contributed by atoms with Crippen molar-refractivity contribution in [3.63, 3.8) is 0 Å². The van der Waals surface area contributed by atoms with Gasteiger partial charge in [0.05, 0.1) is 7.11 Å². The minimum atomic E-state index is -4.85. The zero-order valence-electron chi connectivity index (χ0n) is 11.0. The Kier molecular flexibility index (Phi) is 4.30. The second-order valence-electron chi connectivity index (χ2n) is 4.44. The van der Waals surface area contributed by atoms with Gasteiger partial charge in [0.2, 0.25) is 5.60 Å². The van der Waals surface area contributed by atoms with E-state index in [4.69, 9.17) is 4.74 Å². The number of methoxy groups -OCH3 is 1. The van der Waals surface area contributed by atoms with Gasteiger partial charge in [-0.2, -0.15) is 13.2 Å². The van der Waals surface area contributed by atoms with E-state index in [1.165, 1.54) is 55.6 Å². The molecule has 1 atom stereocenters. The number of alkyl halides is 3. The Morgan fingerprint density at radius 2 is 1.33 bits per heavy atom. The molecular formula is C15H12BrF3O2. The van der Waals surface area contributed by atoms with E-state index in [0.717, 1.165) is 0 Å². The van der Waals surface area contributed by atoms with Crippen LogP contribution < -0.4 is 4.74 Å². The lowest BCUT2D eigenvalue weighted by Crippen LogP contribution is -2.43. The highest BCUT2D eigenvalue weighted by atomic mass is 79.9. The van der Waals surface area contributed by atoms with Crippen LogP contribution in [0.3, 0.4) is 0 Å². The average molecular weight is 361 g/mol. The van der Waals surface area contributed by atoms with Crippen molar-refractivity contribution in [2.75, 3.05) is 7.11 Å². The monoisotopic (exact) mass is 360 g/mol. The number of hydrogen-bond acceptors (Lipinski definition) is 2. The molecule has 0 aliphatic rings. The van der Waals surface area contributed by atoms with E-state index in [-0.39, 0.29) is 11.1 Å². The molecule has 0 unspecified atom stereocenters. The molecule has 0 bridgehead atoms. The van der Waals surface area contributed by atoms with Crippen LogP contribution in [-0.2, 0) is 5.60 Å². The first-order valence-electron chi connectivity index (χ1n) is 5.98. The Hall–Kier alpha value is -1.53. The van der Waals surface area contributed by atoms with Gasteiger partial charge >= 0.3 is 6.18 Å². The average Bonchev–Trinajstić information content (AvgIpc) is 2.46. The van der Waals surface area contributed by atoms with E-state index in [1.807, 2.05) is 0 Å². The fourth-order valence-electron chi connectivity index (χ4n) is 2.02. The molecule has 0 spiro atoms. The van der Waals surface area contributed by atoms with Crippen molar-refractivity contribution >= 4 is 15.9 Å². The molecule has 2 nitrogen and oxygen atoms in total. The smallest absolute Gasteiger partial charge is 0.425 e. The quantitative estimate of drug-likeness (QED) is 0.886. The van der Waals surface area contributed by atoms with Crippen molar-refractivity contribution < 1.29 is 23.0 Å². The summed E-state index contributed by atoms with van der Waals surface area (Å²) in [6.07, 6.45) is -4.85. The van der Waals surface area contributed by atoms with Crippen LogP contribution in [-0.4, -0.2) is 18.4 Å². The van der Waals surface area contributed by atoms with E-state index in [2.05, 4.69) is 15.9 Å². The first kappa shape index (κ1) is 15.9. The van der Waals surface area contributed by atoms with Gasteiger partial charge < -0.3 is 9.84 Å². The predicted molar refractivity (Wildman–Crippen MR) is 76.2 cm³/mol. The lowest BCUT2D eigenvalue weighted by Gasteiger charge is -2.31. The van der Waals surface area contributed by atoms with Crippen LogP contribution in [0.25, 0.3) is 0 Å². The highest BCUT2D eigenvalue weighted by Gasteiger charge is 2.56. The maximum absolute atomic E-state index is 13.5. The molecule has 0 saturated carbocycles. The lowest BCUT2D eigenvalue weighted by atomic mass is 9.85. The van der Waals surface area contributed by atoms with E-state index in [9.17, 15) is 18.3 Å². The molecule has 2 aromatic rings. The summed E-state index contributed by atoms with van der Waals surface area (Å²) in [5.41, 5.74) is -3.58. The third-order valence-electron chi connectivity index (χ3n) is 3.18. The Morgan fingerprint density at radius 1 is 0.905 bits per heavy atom. The summed E-state index contributed by atoms with van der Waals surface area (Å²) in [6.45, 7) is 0. The maximum Gasteiger partial charge on any atom is 0.425 e. The van der Waals surface area contributed by atoms with Gasteiger partial charge in [0.15, 0.2) is 0 Å². The topological polar surface area (TPSA) is 29.5 Å². The third-order valence-corrected chi connectivity index (χ3v) is 3.71. The van der Waals surface area contributed by atoms with Gasteiger partial charge in [-0.1, -0.05) is 40.2 Å². The third kappa shape index (κ3) is 2.91. The molecule has 2 aromatic carbocycles. The fourth-order valence-corrected chi connectivity index (χ4v) is 2.28. The second kappa shape index (κ2) is 5.69. The van der Waals surface area contributed by atoms with Gasteiger partial charge in [0.1, 0.15) is 5.75 Å². The summed E-state index contributed by atoms with van der Waals surface area (Å²) >= 11 is 3.16. The summed E-state index contributed by atoms with van der Waals surface area (Å²) in [4.78, 5) is 0. The number of halogens is 4. The number of aliphatic hydroxyl groups is 1. The molecule has 0 saturated heterocycles. The van der Waals surface area contributed by atoms with Gasteiger partial charge in [-0.15, -0.1) is 0 Å². The Morgan fingerprint density at radius 3 is 1.71 bits per heavy atom. The van der Waals surface area contributed by atoms with Crippen LogP contribution in [0.4, 0.5) is 13.2 Å². The summed E-state index contributed by atoms with van der Waals surface area (Å²) in [5.74, 6) is 0.416. The first-order chi connectivity index (χ1) is 9.79. The van der Waals surface area contributed by atoms with Gasteiger partial charge in [0.25, 0.3) is 0 Å². The highest BCUT2D eigenvalue weighted by Crippen LogP contribution is 2.44. The van der Waals surface area contributed by atoms with Crippen LogP contribution in [0, 0.1) is 0 Å². The van der Waals surface area contributed by atoms with E-state index in [1.54, 1.807) is 0 Å². The van der Waals surface area contributed by atoms with Crippen molar-refractivity contribution in [1.29, 1.82) is 0 Å². The highest BCUT2D eigenvalue weighted by molar-refractivity contribution is 9.10. The predicted octanol–water partition coefficient (Wildman–Crippen LogP) is 4.26. The number of rotatable bonds is 3. The van der Waals surface area contributed by atoms with Crippen LogP contribution in [0.2, 0.25) is 0 Å². The molecule has 112 valence electrons. The molecule has 2 rings (SSSR count). The second-order valence-corrected chi connectivity index (χ2v) is 5.36. The number of ether oxygens (including phenoxy) is 1. The van der Waals surface area contributed by atoms with Crippen molar-refractivity contribution in [2.24, 2.45) is 0 Å². The van der Waals surface area contributed by atoms with Crippen molar-refractivity contribution in [3.05, 3.63) is 64.1 Å². The van der Waals surface area contributed by atoms with E-state index < -0.39 is 11.8 Å². The normalized spacial score (nSPS) is 14.6. The largest absolute Gasteiger partial charge is 0.497 e. The Balaban J connectivity index is 2.58. The summed E-state index contributed by atoms with van der Waals surface area (Å²) in [5, 5.41) is 10.4. The van der Waals surface area contributed by atoms with E-state index >= 15 is 0 Å². The van der Waals surface area contributed by atoms with Gasteiger partial charge in [0, 0.05) is 4.47 Å². The molecule has 0 heterocycles. The molecule has 21 heavy (non-hydrogen) atoms. The molecule has 0 aliphatic heterocycles. The van der Waals surface area contributed by atoms with Gasteiger partial charge in [-0.3, -0.25) is 0 Å². The number of hydrogen-bond donors (Lipinski definition) is 1. The summed E-state index contributed by atoms with van der Waals surface area (Å²) < 4.78 is 45.9. The van der Waals surface area contributed by atoms with Crippen molar-refractivity contribution in [2.45, 2.75) is 11.8 Å². The lowest BCUT2D eigenvalue weighted by molar-refractivity contribution is -0.248. The van der Waals surface area contributed by atoms with Crippen molar-refractivity contribution in [1.82, 2.24) is 0 Å². The molecule has 0 aromatic heterocycles. The zero-order chi connectivity index (χ0) is 15.7. The van der Waals surface area contributed by atoms with Crippen LogP contribution >= 0.6 is 15.9 Å². The van der Waals surface area contributed by atoms with Crippen LogP contribution in [0.5, 0.6) is 5.75 Å². The molecule has 1 N–H and O–H groups in total. The number of benzene rings is 2. The maximum atomic E-state index is 13.5. The Labute approximate surface area is 128 Å². The molecule has 0 aliphatic carbocycles. The van der Waals surface area contributed by atoms with Gasteiger partial charge in [-0.05, 0) is 35.4 Å². The molecule has 0 amide bonds. The minimum Gasteiger partial charge on any atom is -0.497 e. The standard InChI is InChI=1S/C15H12BrF3O2/c1-21-13-8-4-11(5-9-13)14(20,15(17,18)19)10-2-6-12(16)7-3-10/h2-9,20H,1H3/t14-/m0/s1. The molecular weight excluding hydrogens is 349 g/mol. The first-order valence-corrected chi connectivity index (χ1v) is 6.78. The Bertz CT molecular complexity index is 608. The minimum absolute atomic E-state index is 0.247. The van der Waals surface area contributed by atoms with Crippen LogP contribution in [0.1, 0.15) is 11.1 Å². The fraction of sp³-hybridized carbons (Fsp3) is 0.200. The summed E-state index contributed by atoms with van der Waals surface area (Å²) in [7, 11) is 1.42. The molecule has 0 radical (unpaired) electrons. The zero-order valence-corrected chi connectivity index (χ0v) is 12.6. The SMILES string of the molecule is COc1ccc([C@@](O)(c2ccc(Br)cc2)C(F)(F)F)cc1. The van der Waals surface area contributed by atoms with E-state index in [0.29, 0.717) is 10.2 Å². The molecule has 0 fully saturated rings. The molecule has 6 heteroatoms. The van der Waals surface area contributed by atoms with Gasteiger partial charge in [-0.25, -0.2) is 0 Å². The van der Waals surface area contributed by atoms with Crippen LogP contribution in [0.15, 0.2) is 53.0 Å². The summed E-state index contributed by atoms with van der Waals surface area (Å²) in [6, 6.07) is 10.5. The van der Waals surface area contributed by atoms with Crippen molar-refractivity contribution in [3.8, 4) is 5.75 Å².